The fourth-order valence-corrected chi connectivity index (χ4v) is 4.56. The highest BCUT2D eigenvalue weighted by molar-refractivity contribution is 7.89. The molecular weight excluding hydrogens is 421 g/mol. The number of ether oxygens (including phenoxy) is 1. The summed E-state index contributed by atoms with van der Waals surface area (Å²) >= 11 is 0. The average Bonchev–Trinajstić information content (AvgIpc) is 2.66. The van der Waals surface area contributed by atoms with Gasteiger partial charge in [0, 0.05) is 43.5 Å². The Morgan fingerprint density at radius 2 is 1.75 bits per heavy atom. The number of hydrogen-bond donors (Lipinski definition) is 2. The Hall–Kier alpha value is -1.09. The van der Waals surface area contributed by atoms with Crippen LogP contribution >= 0.6 is 24.8 Å². The molecule has 2 aromatic rings. The number of hydrogen-bond acceptors (Lipinski definition) is 5. The Morgan fingerprint density at radius 3 is 2.43 bits per heavy atom. The van der Waals surface area contributed by atoms with Gasteiger partial charge in [0.2, 0.25) is 10.0 Å². The van der Waals surface area contributed by atoms with E-state index in [4.69, 9.17) is 4.74 Å². The van der Waals surface area contributed by atoms with Crippen molar-refractivity contribution in [3.05, 3.63) is 36.4 Å². The number of sulfonamides is 1. The van der Waals surface area contributed by atoms with Gasteiger partial charge in [0.25, 0.3) is 0 Å². The lowest BCUT2D eigenvalue weighted by Gasteiger charge is -2.27. The minimum Gasteiger partial charge on any atom is -0.493 e. The van der Waals surface area contributed by atoms with Crippen LogP contribution in [0.25, 0.3) is 10.8 Å². The van der Waals surface area contributed by atoms with Crippen molar-refractivity contribution in [3.63, 3.8) is 0 Å². The molecule has 6 nitrogen and oxygen atoms in total. The van der Waals surface area contributed by atoms with Gasteiger partial charge in [-0.3, -0.25) is 0 Å². The molecule has 2 aromatic carbocycles. The maximum Gasteiger partial charge on any atom is 0.241 e. The lowest BCUT2D eigenvalue weighted by molar-refractivity contribution is 0.239. The van der Waals surface area contributed by atoms with Gasteiger partial charge in [0.1, 0.15) is 5.75 Å². The number of fused-ring (bicyclic) bond motifs is 1. The van der Waals surface area contributed by atoms with Crippen LogP contribution in [0.3, 0.4) is 0 Å². The molecule has 0 spiro atoms. The lowest BCUT2D eigenvalue weighted by atomic mass is 10.1. The number of nitrogens with zero attached hydrogens (tertiary/aromatic N) is 1. The molecule has 9 heteroatoms. The first-order chi connectivity index (χ1) is 12.6. The van der Waals surface area contributed by atoms with Crippen LogP contribution in [0.1, 0.15) is 13.3 Å². The first kappa shape index (κ1) is 24.9. The average molecular weight is 450 g/mol. The van der Waals surface area contributed by atoms with E-state index >= 15 is 0 Å². The molecule has 0 aromatic heterocycles. The van der Waals surface area contributed by atoms with Crippen molar-refractivity contribution in [3.8, 4) is 5.75 Å². The smallest absolute Gasteiger partial charge is 0.241 e. The summed E-state index contributed by atoms with van der Waals surface area (Å²) in [5, 5.41) is 4.82. The van der Waals surface area contributed by atoms with Crippen LogP contribution < -0.4 is 14.8 Å². The molecule has 1 aliphatic rings. The second kappa shape index (κ2) is 11.8. The zero-order valence-electron chi connectivity index (χ0n) is 16.0. The van der Waals surface area contributed by atoms with E-state index in [0.29, 0.717) is 29.2 Å². The van der Waals surface area contributed by atoms with Crippen molar-refractivity contribution >= 4 is 45.6 Å². The van der Waals surface area contributed by atoms with Gasteiger partial charge in [0.15, 0.2) is 0 Å². The summed E-state index contributed by atoms with van der Waals surface area (Å²) in [5.74, 6) is 0.709. The van der Waals surface area contributed by atoms with Crippen molar-refractivity contribution in [1.82, 2.24) is 14.9 Å². The third-order valence-corrected chi connectivity index (χ3v) is 6.11. The summed E-state index contributed by atoms with van der Waals surface area (Å²) < 4.78 is 34.0. The molecule has 0 unspecified atom stereocenters. The molecule has 3 rings (SSSR count). The highest BCUT2D eigenvalue weighted by Crippen LogP contribution is 2.30. The number of benzene rings is 2. The van der Waals surface area contributed by atoms with E-state index in [1.807, 2.05) is 31.2 Å². The zero-order chi connectivity index (χ0) is 18.4. The van der Waals surface area contributed by atoms with Crippen LogP contribution in [0.4, 0.5) is 0 Å². The van der Waals surface area contributed by atoms with Gasteiger partial charge in [-0.25, -0.2) is 13.1 Å². The van der Waals surface area contributed by atoms with Gasteiger partial charge in [-0.1, -0.05) is 24.3 Å². The Balaban J connectivity index is 0.00000196. The summed E-state index contributed by atoms with van der Waals surface area (Å²) in [4.78, 5) is 2.66. The van der Waals surface area contributed by atoms with Crippen LogP contribution in [-0.4, -0.2) is 59.2 Å². The van der Waals surface area contributed by atoms with Crippen LogP contribution in [0.5, 0.6) is 5.75 Å². The minimum atomic E-state index is -3.56. The number of piperazine rings is 1. The van der Waals surface area contributed by atoms with Crippen molar-refractivity contribution in [2.24, 2.45) is 0 Å². The molecule has 0 amide bonds. The van der Waals surface area contributed by atoms with Gasteiger partial charge < -0.3 is 15.0 Å². The Morgan fingerprint density at radius 1 is 1.07 bits per heavy atom. The molecule has 0 aliphatic carbocycles. The molecule has 0 atom stereocenters. The van der Waals surface area contributed by atoms with E-state index in [2.05, 4.69) is 14.9 Å². The maximum absolute atomic E-state index is 12.8. The number of rotatable bonds is 8. The normalized spacial score (nSPS) is 14.9. The third kappa shape index (κ3) is 6.20. The van der Waals surface area contributed by atoms with E-state index in [0.717, 1.165) is 44.5 Å². The number of halogens is 2. The first-order valence-corrected chi connectivity index (χ1v) is 10.7. The molecule has 1 aliphatic heterocycles. The van der Waals surface area contributed by atoms with E-state index in [1.165, 1.54) is 0 Å². The van der Waals surface area contributed by atoms with Crippen LogP contribution in [-0.2, 0) is 10.0 Å². The van der Waals surface area contributed by atoms with E-state index in [9.17, 15) is 8.42 Å². The van der Waals surface area contributed by atoms with Crippen molar-refractivity contribution in [1.29, 1.82) is 0 Å². The molecule has 158 valence electrons. The second-order valence-electron chi connectivity index (χ2n) is 6.38. The summed E-state index contributed by atoms with van der Waals surface area (Å²) in [5.41, 5.74) is 0. The highest BCUT2D eigenvalue weighted by Gasteiger charge is 2.19. The van der Waals surface area contributed by atoms with Crippen LogP contribution in [0.15, 0.2) is 41.3 Å². The Kier molecular flexibility index (Phi) is 10.5. The van der Waals surface area contributed by atoms with Gasteiger partial charge in [0.05, 0.1) is 11.5 Å². The van der Waals surface area contributed by atoms with Crippen molar-refractivity contribution < 1.29 is 13.2 Å². The van der Waals surface area contributed by atoms with Crippen LogP contribution in [0.2, 0.25) is 0 Å². The molecule has 0 saturated carbocycles. The minimum absolute atomic E-state index is 0. The molecule has 0 radical (unpaired) electrons. The maximum atomic E-state index is 12.8. The fourth-order valence-electron chi connectivity index (χ4n) is 3.28. The topological polar surface area (TPSA) is 70.7 Å². The predicted molar refractivity (Wildman–Crippen MR) is 119 cm³/mol. The van der Waals surface area contributed by atoms with Crippen LogP contribution in [0, 0.1) is 0 Å². The van der Waals surface area contributed by atoms with Gasteiger partial charge >= 0.3 is 0 Å². The third-order valence-electron chi connectivity index (χ3n) is 4.59. The quantitative estimate of drug-likeness (QED) is 0.606. The molecule has 0 bridgehead atoms. The summed E-state index contributed by atoms with van der Waals surface area (Å²) in [7, 11) is -3.56. The Bertz CT molecular complexity index is 843. The standard InChI is InChI=1S/C19H27N3O3S.2ClH/c1-2-25-18-8-9-19(17-7-4-3-6-16(17)18)26(23,24)21-10-5-13-22-14-11-20-12-15-22;;/h3-4,6-9,20-21H,2,5,10-15H2,1H3;2*1H. The molecule has 1 heterocycles. The van der Waals surface area contributed by atoms with Gasteiger partial charge in [-0.05, 0) is 32.0 Å². The first-order valence-electron chi connectivity index (χ1n) is 9.19. The summed E-state index contributed by atoms with van der Waals surface area (Å²) in [6.45, 7) is 7.86. The zero-order valence-corrected chi connectivity index (χ0v) is 18.5. The monoisotopic (exact) mass is 449 g/mol. The highest BCUT2D eigenvalue weighted by atomic mass is 35.5. The molecule has 1 saturated heterocycles. The largest absolute Gasteiger partial charge is 0.493 e. The van der Waals surface area contributed by atoms with Crippen molar-refractivity contribution in [2.75, 3.05) is 45.9 Å². The Labute approximate surface area is 179 Å². The summed E-state index contributed by atoms with van der Waals surface area (Å²) in [6.07, 6.45) is 0.800. The van der Waals surface area contributed by atoms with Gasteiger partial charge in [-0.15, -0.1) is 24.8 Å². The van der Waals surface area contributed by atoms with E-state index in [1.54, 1.807) is 12.1 Å². The number of nitrogens with one attached hydrogen (secondary N) is 2. The second-order valence-corrected chi connectivity index (χ2v) is 8.12. The van der Waals surface area contributed by atoms with Crippen molar-refractivity contribution in [2.45, 2.75) is 18.2 Å². The van der Waals surface area contributed by atoms with E-state index < -0.39 is 10.0 Å². The predicted octanol–water partition coefficient (Wildman–Crippen LogP) is 2.66. The molecular formula is C19H29Cl2N3O3S. The van der Waals surface area contributed by atoms with E-state index in [-0.39, 0.29) is 24.8 Å². The lowest BCUT2D eigenvalue weighted by Crippen LogP contribution is -2.44. The molecule has 1 fully saturated rings. The SMILES string of the molecule is CCOc1ccc(S(=O)(=O)NCCCN2CCNCC2)c2ccccc12.Cl.Cl. The molecule has 28 heavy (non-hydrogen) atoms. The molecule has 2 N–H and O–H groups in total. The fraction of sp³-hybridized carbons (Fsp3) is 0.474. The summed E-state index contributed by atoms with van der Waals surface area (Å²) in [6, 6.07) is 10.8. The van der Waals surface area contributed by atoms with Gasteiger partial charge in [-0.2, -0.15) is 0 Å².